The van der Waals surface area contributed by atoms with Gasteiger partial charge in [-0.15, -0.1) is 5.10 Å². The fourth-order valence-corrected chi connectivity index (χ4v) is 4.05. The molecule has 2 aliphatic rings. The molecule has 0 N–H and O–H groups in total. The van der Waals surface area contributed by atoms with E-state index in [-0.39, 0.29) is 5.78 Å². The second kappa shape index (κ2) is 3.91. The second-order valence-electron chi connectivity index (χ2n) is 5.25. The molecule has 0 amide bonds. The summed E-state index contributed by atoms with van der Waals surface area (Å²) < 4.78 is 3.84. The largest absolute Gasteiger partial charge is 0.293 e. The number of Topliss-reactive ketones (excluding diaryl/α,β-unsaturated/α-hetero) is 1. The van der Waals surface area contributed by atoms with Crippen molar-refractivity contribution in [1.29, 1.82) is 0 Å². The summed E-state index contributed by atoms with van der Waals surface area (Å²) in [5.74, 6) is 2.66. The van der Waals surface area contributed by atoms with Crippen LogP contribution in [0.5, 0.6) is 0 Å². The van der Waals surface area contributed by atoms with Crippen molar-refractivity contribution >= 4 is 17.3 Å². The minimum atomic E-state index is 0.269. The van der Waals surface area contributed by atoms with Gasteiger partial charge in [0, 0.05) is 6.42 Å². The van der Waals surface area contributed by atoms with Crippen LogP contribution in [0.2, 0.25) is 0 Å². The highest BCUT2D eigenvalue weighted by Crippen LogP contribution is 2.49. The van der Waals surface area contributed by atoms with Gasteiger partial charge in [0.05, 0.1) is 5.69 Å². The Morgan fingerprint density at radius 3 is 2.88 bits per heavy atom. The summed E-state index contributed by atoms with van der Waals surface area (Å²) >= 11 is 1.25. The van der Waals surface area contributed by atoms with Crippen molar-refractivity contribution in [2.75, 3.05) is 0 Å². The van der Waals surface area contributed by atoms with Crippen molar-refractivity contribution in [2.24, 2.45) is 17.8 Å². The molecule has 2 bridgehead atoms. The number of hydrogen-bond acceptors (Lipinski definition) is 4. The molecular weight excluding hydrogens is 220 g/mol. The molecule has 0 radical (unpaired) electrons. The summed E-state index contributed by atoms with van der Waals surface area (Å²) in [5.41, 5.74) is 0.804. The maximum atomic E-state index is 12.1. The summed E-state index contributed by atoms with van der Waals surface area (Å²) in [7, 11) is 0. The van der Waals surface area contributed by atoms with Gasteiger partial charge in [0.25, 0.3) is 0 Å². The van der Waals surface area contributed by atoms with Gasteiger partial charge in [0.2, 0.25) is 0 Å². The Balaban J connectivity index is 1.67. The Labute approximate surface area is 99.4 Å². The predicted octanol–water partition coefficient (Wildman–Crippen LogP) is 2.86. The Kier molecular flexibility index (Phi) is 2.54. The molecular formula is C12H16N2OS. The molecule has 86 valence electrons. The van der Waals surface area contributed by atoms with Crippen LogP contribution >= 0.6 is 11.5 Å². The Morgan fingerprint density at radius 2 is 2.31 bits per heavy atom. The van der Waals surface area contributed by atoms with Gasteiger partial charge >= 0.3 is 0 Å². The monoisotopic (exact) mass is 236 g/mol. The van der Waals surface area contributed by atoms with E-state index in [1.165, 1.54) is 37.2 Å². The first-order valence-corrected chi connectivity index (χ1v) is 6.83. The lowest BCUT2D eigenvalue weighted by molar-refractivity contribution is 0.0947. The average molecular weight is 236 g/mol. The first-order chi connectivity index (χ1) is 7.74. The van der Waals surface area contributed by atoms with Gasteiger partial charge in [-0.2, -0.15) is 0 Å². The zero-order valence-electron chi connectivity index (χ0n) is 9.48. The number of aryl methyl sites for hydroxylation is 1. The SMILES string of the molecule is Cc1nnsc1C(=O)CC1CC2CCC1C2. The molecule has 0 aromatic carbocycles. The summed E-state index contributed by atoms with van der Waals surface area (Å²) in [6, 6.07) is 0. The molecule has 0 saturated heterocycles. The highest BCUT2D eigenvalue weighted by molar-refractivity contribution is 7.08. The number of rotatable bonds is 3. The van der Waals surface area contributed by atoms with Crippen LogP contribution in [0.25, 0.3) is 0 Å². The highest BCUT2D eigenvalue weighted by Gasteiger charge is 2.40. The quantitative estimate of drug-likeness (QED) is 0.758. The van der Waals surface area contributed by atoms with Gasteiger partial charge in [0.15, 0.2) is 5.78 Å². The minimum absolute atomic E-state index is 0.269. The van der Waals surface area contributed by atoms with Gasteiger partial charge in [0.1, 0.15) is 4.88 Å². The summed E-state index contributed by atoms with van der Waals surface area (Å²) in [6.45, 7) is 1.87. The number of carbonyl (C=O) groups is 1. The maximum Gasteiger partial charge on any atom is 0.176 e. The molecule has 4 heteroatoms. The van der Waals surface area contributed by atoms with Crippen LogP contribution in [0, 0.1) is 24.7 Å². The molecule has 2 aliphatic carbocycles. The molecule has 1 heterocycles. The van der Waals surface area contributed by atoms with Gasteiger partial charge in [-0.1, -0.05) is 10.9 Å². The molecule has 0 spiro atoms. The first-order valence-electron chi connectivity index (χ1n) is 6.06. The van der Waals surface area contributed by atoms with E-state index < -0.39 is 0 Å². The van der Waals surface area contributed by atoms with Crippen molar-refractivity contribution in [2.45, 2.75) is 39.0 Å². The van der Waals surface area contributed by atoms with Gasteiger partial charge in [-0.05, 0) is 55.5 Å². The summed E-state index contributed by atoms with van der Waals surface area (Å²) in [6.07, 6.45) is 6.13. The van der Waals surface area contributed by atoms with Gasteiger partial charge in [-0.3, -0.25) is 4.79 Å². The van der Waals surface area contributed by atoms with Crippen molar-refractivity contribution < 1.29 is 4.79 Å². The third-order valence-electron chi connectivity index (χ3n) is 4.24. The topological polar surface area (TPSA) is 42.9 Å². The zero-order chi connectivity index (χ0) is 11.1. The summed E-state index contributed by atoms with van der Waals surface area (Å²) in [5, 5.41) is 3.91. The van der Waals surface area contributed by atoms with Crippen molar-refractivity contribution in [3.63, 3.8) is 0 Å². The van der Waals surface area contributed by atoms with E-state index in [9.17, 15) is 4.79 Å². The smallest absolute Gasteiger partial charge is 0.176 e. The lowest BCUT2D eigenvalue weighted by Gasteiger charge is -2.20. The molecule has 3 unspecified atom stereocenters. The first kappa shape index (κ1) is 10.4. The van der Waals surface area contributed by atoms with Crippen LogP contribution in [0.4, 0.5) is 0 Å². The molecule has 1 aromatic heterocycles. The maximum absolute atomic E-state index is 12.1. The predicted molar refractivity (Wildman–Crippen MR) is 62.5 cm³/mol. The second-order valence-corrected chi connectivity index (χ2v) is 6.00. The van der Waals surface area contributed by atoms with Crippen LogP contribution in [0.1, 0.15) is 47.5 Å². The normalized spacial score (nSPS) is 32.2. The number of aromatic nitrogens is 2. The fourth-order valence-electron chi connectivity index (χ4n) is 3.44. The van der Waals surface area contributed by atoms with Crippen LogP contribution in [0.3, 0.4) is 0 Å². The third-order valence-corrected chi connectivity index (χ3v) is 5.11. The Bertz CT molecular complexity index is 415. The van der Waals surface area contributed by atoms with Crippen molar-refractivity contribution in [1.82, 2.24) is 9.59 Å². The van der Waals surface area contributed by atoms with Crippen molar-refractivity contribution in [3.8, 4) is 0 Å². The fraction of sp³-hybridized carbons (Fsp3) is 0.750. The lowest BCUT2D eigenvalue weighted by atomic mass is 9.85. The van der Waals surface area contributed by atoms with Gasteiger partial charge < -0.3 is 0 Å². The van der Waals surface area contributed by atoms with E-state index in [0.717, 1.165) is 28.8 Å². The molecule has 2 saturated carbocycles. The van der Waals surface area contributed by atoms with Crippen LogP contribution in [-0.4, -0.2) is 15.4 Å². The van der Waals surface area contributed by atoms with E-state index in [4.69, 9.17) is 0 Å². The van der Waals surface area contributed by atoms with Crippen molar-refractivity contribution in [3.05, 3.63) is 10.6 Å². The van der Waals surface area contributed by atoms with Gasteiger partial charge in [-0.25, -0.2) is 0 Å². The number of hydrogen-bond donors (Lipinski definition) is 0. The van der Waals surface area contributed by atoms with Crippen LogP contribution < -0.4 is 0 Å². The van der Waals surface area contributed by atoms with E-state index in [1.54, 1.807) is 0 Å². The van der Waals surface area contributed by atoms with E-state index in [2.05, 4.69) is 9.59 Å². The molecule has 1 aromatic rings. The lowest BCUT2D eigenvalue weighted by Crippen LogP contribution is -2.15. The number of fused-ring (bicyclic) bond motifs is 2. The molecule has 0 aliphatic heterocycles. The minimum Gasteiger partial charge on any atom is -0.293 e. The number of ketones is 1. The van der Waals surface area contributed by atoms with Crippen LogP contribution in [-0.2, 0) is 0 Å². The Morgan fingerprint density at radius 1 is 1.44 bits per heavy atom. The molecule has 16 heavy (non-hydrogen) atoms. The Hall–Kier alpha value is -0.770. The average Bonchev–Trinajstić information content (AvgIpc) is 2.92. The van der Waals surface area contributed by atoms with Crippen LogP contribution in [0.15, 0.2) is 0 Å². The molecule has 3 rings (SSSR count). The summed E-state index contributed by atoms with van der Waals surface area (Å²) in [4.78, 5) is 12.9. The standard InChI is InChI=1S/C12H16N2OS/c1-7-12(16-14-13-7)11(15)6-10-5-8-2-3-9(10)4-8/h8-10H,2-6H2,1H3. The van der Waals surface area contributed by atoms with E-state index in [0.29, 0.717) is 5.92 Å². The molecule has 2 fully saturated rings. The zero-order valence-corrected chi connectivity index (χ0v) is 10.3. The van der Waals surface area contributed by atoms with E-state index >= 15 is 0 Å². The number of nitrogens with zero attached hydrogens (tertiary/aromatic N) is 2. The number of carbonyl (C=O) groups excluding carboxylic acids is 1. The third kappa shape index (κ3) is 1.69. The molecule has 3 nitrogen and oxygen atoms in total. The van der Waals surface area contributed by atoms with E-state index in [1.807, 2.05) is 6.92 Å². The molecule has 3 atom stereocenters. The highest BCUT2D eigenvalue weighted by atomic mass is 32.1.